The van der Waals surface area contributed by atoms with Gasteiger partial charge in [-0.25, -0.2) is 0 Å². The zero-order chi connectivity index (χ0) is 18.5. The Balaban J connectivity index is 1.64. The summed E-state index contributed by atoms with van der Waals surface area (Å²) in [6.07, 6.45) is 3.38. The number of benzene rings is 2. The highest BCUT2D eigenvalue weighted by atomic mass is 16.5. The normalized spacial score (nSPS) is 12.3. The van der Waals surface area contributed by atoms with Gasteiger partial charge in [-0.3, -0.25) is 4.79 Å². The maximum absolute atomic E-state index is 12.2. The van der Waals surface area contributed by atoms with Gasteiger partial charge in [0, 0.05) is 17.8 Å². The first-order valence-corrected chi connectivity index (χ1v) is 8.49. The Kier molecular flexibility index (Phi) is 5.51. The van der Waals surface area contributed by atoms with Crippen LogP contribution in [-0.4, -0.2) is 33.8 Å². The number of fused-ring (bicyclic) bond motifs is 1. The van der Waals surface area contributed by atoms with Gasteiger partial charge in [-0.05, 0) is 42.5 Å². The minimum atomic E-state index is -0.264. The molecule has 0 radical (unpaired) electrons. The number of nitrogens with one attached hydrogen (secondary N) is 1. The molecule has 0 aliphatic heterocycles. The highest BCUT2D eigenvalue weighted by molar-refractivity contribution is 5.92. The number of hydrogen-bond donors (Lipinski definition) is 1. The predicted octanol–water partition coefficient (Wildman–Crippen LogP) is 3.22. The molecule has 1 aliphatic carbocycles. The van der Waals surface area contributed by atoms with Gasteiger partial charge in [0.05, 0.1) is 21.3 Å². The Morgan fingerprint density at radius 3 is 2.31 bits per heavy atom. The van der Waals surface area contributed by atoms with Crippen molar-refractivity contribution < 1.29 is 23.7 Å². The standard InChI is InChI=1S/C20H23NO5/c1-23-17-10-15(11-18(24-2)20(17)25-3)21-19(22)12-26-16-8-7-13-5-4-6-14(13)9-16/h7-11H,4-6,12H2,1-3H3,(H,21,22). The molecule has 2 aromatic carbocycles. The Bertz CT molecular complexity index is 778. The lowest BCUT2D eigenvalue weighted by atomic mass is 10.1. The third-order valence-electron chi connectivity index (χ3n) is 4.39. The van der Waals surface area contributed by atoms with Crippen LogP contribution in [0.3, 0.4) is 0 Å². The Morgan fingerprint density at radius 1 is 0.962 bits per heavy atom. The maximum Gasteiger partial charge on any atom is 0.262 e. The molecule has 0 saturated heterocycles. The molecule has 0 unspecified atom stereocenters. The Morgan fingerprint density at radius 2 is 1.65 bits per heavy atom. The van der Waals surface area contributed by atoms with E-state index < -0.39 is 0 Å². The SMILES string of the molecule is COc1cc(NC(=O)COc2ccc3c(c2)CCC3)cc(OC)c1OC. The number of rotatable bonds is 7. The predicted molar refractivity (Wildman–Crippen MR) is 98.7 cm³/mol. The molecule has 0 spiro atoms. The smallest absolute Gasteiger partial charge is 0.262 e. The fourth-order valence-corrected chi connectivity index (χ4v) is 3.14. The van der Waals surface area contributed by atoms with Gasteiger partial charge in [0.1, 0.15) is 5.75 Å². The molecule has 6 nitrogen and oxygen atoms in total. The minimum Gasteiger partial charge on any atom is -0.493 e. The van der Waals surface area contributed by atoms with E-state index in [4.69, 9.17) is 18.9 Å². The molecule has 0 saturated carbocycles. The topological polar surface area (TPSA) is 66.0 Å². The first kappa shape index (κ1) is 17.9. The molecule has 1 N–H and O–H groups in total. The third-order valence-corrected chi connectivity index (χ3v) is 4.39. The molecule has 138 valence electrons. The number of carbonyl (C=O) groups excluding carboxylic acids is 1. The molecule has 1 aliphatic rings. The first-order chi connectivity index (χ1) is 12.6. The van der Waals surface area contributed by atoms with E-state index in [-0.39, 0.29) is 12.5 Å². The average molecular weight is 357 g/mol. The van der Waals surface area contributed by atoms with E-state index in [1.165, 1.54) is 38.9 Å². The number of methoxy groups -OCH3 is 3. The molecule has 3 rings (SSSR count). The summed E-state index contributed by atoms with van der Waals surface area (Å²) in [4.78, 5) is 12.2. The number of carbonyl (C=O) groups is 1. The van der Waals surface area contributed by atoms with E-state index in [2.05, 4.69) is 11.4 Å². The van der Waals surface area contributed by atoms with Crippen LogP contribution in [0.4, 0.5) is 5.69 Å². The Hall–Kier alpha value is -2.89. The summed E-state index contributed by atoms with van der Waals surface area (Å²) in [6.45, 7) is -0.0740. The zero-order valence-corrected chi connectivity index (χ0v) is 15.3. The van der Waals surface area contributed by atoms with Crippen molar-refractivity contribution >= 4 is 11.6 Å². The fraction of sp³-hybridized carbons (Fsp3) is 0.350. The molecule has 0 aromatic heterocycles. The summed E-state index contributed by atoms with van der Waals surface area (Å²) >= 11 is 0. The van der Waals surface area contributed by atoms with Crippen LogP contribution in [0, 0.1) is 0 Å². The van der Waals surface area contributed by atoms with E-state index in [1.807, 2.05) is 12.1 Å². The summed E-state index contributed by atoms with van der Waals surface area (Å²) in [6, 6.07) is 9.37. The van der Waals surface area contributed by atoms with Gasteiger partial charge in [0.25, 0.3) is 5.91 Å². The molecule has 0 bridgehead atoms. The van der Waals surface area contributed by atoms with Crippen LogP contribution in [0.2, 0.25) is 0 Å². The van der Waals surface area contributed by atoms with E-state index >= 15 is 0 Å². The molecule has 2 aromatic rings. The maximum atomic E-state index is 12.2. The largest absolute Gasteiger partial charge is 0.493 e. The van der Waals surface area contributed by atoms with Crippen molar-refractivity contribution in [2.24, 2.45) is 0 Å². The zero-order valence-electron chi connectivity index (χ0n) is 15.3. The van der Waals surface area contributed by atoms with Gasteiger partial charge in [0.15, 0.2) is 18.1 Å². The molecule has 6 heteroatoms. The van der Waals surface area contributed by atoms with Gasteiger partial charge >= 0.3 is 0 Å². The summed E-state index contributed by atoms with van der Waals surface area (Å²) in [5, 5.41) is 2.79. The third kappa shape index (κ3) is 3.85. The van der Waals surface area contributed by atoms with Crippen LogP contribution < -0.4 is 24.3 Å². The van der Waals surface area contributed by atoms with Crippen molar-refractivity contribution in [3.63, 3.8) is 0 Å². The summed E-state index contributed by atoms with van der Waals surface area (Å²) < 4.78 is 21.5. The van der Waals surface area contributed by atoms with E-state index in [9.17, 15) is 4.79 Å². The number of amides is 1. The first-order valence-electron chi connectivity index (χ1n) is 8.49. The van der Waals surface area contributed by atoms with Gasteiger partial charge in [-0.15, -0.1) is 0 Å². The Labute approximate surface area is 153 Å². The molecule has 0 atom stereocenters. The average Bonchev–Trinajstić information content (AvgIpc) is 3.13. The molecule has 0 fully saturated rings. The van der Waals surface area contributed by atoms with Crippen LogP contribution in [0.1, 0.15) is 17.5 Å². The number of aryl methyl sites for hydroxylation is 2. The lowest BCUT2D eigenvalue weighted by molar-refractivity contribution is -0.118. The van der Waals surface area contributed by atoms with Crippen molar-refractivity contribution in [3.05, 3.63) is 41.5 Å². The second kappa shape index (κ2) is 7.99. The van der Waals surface area contributed by atoms with E-state index in [0.717, 1.165) is 12.8 Å². The second-order valence-corrected chi connectivity index (χ2v) is 6.03. The van der Waals surface area contributed by atoms with E-state index in [0.29, 0.717) is 28.7 Å². The molecule has 26 heavy (non-hydrogen) atoms. The highest BCUT2D eigenvalue weighted by Gasteiger charge is 2.15. The van der Waals surface area contributed by atoms with Crippen molar-refractivity contribution in [2.45, 2.75) is 19.3 Å². The van der Waals surface area contributed by atoms with Crippen LogP contribution in [0.5, 0.6) is 23.0 Å². The van der Waals surface area contributed by atoms with Crippen molar-refractivity contribution in [3.8, 4) is 23.0 Å². The quantitative estimate of drug-likeness (QED) is 0.824. The molecule has 1 amide bonds. The monoisotopic (exact) mass is 357 g/mol. The summed E-state index contributed by atoms with van der Waals surface area (Å²) in [7, 11) is 4.59. The molecular weight excluding hydrogens is 334 g/mol. The summed E-state index contributed by atoms with van der Waals surface area (Å²) in [5.74, 6) is 1.87. The second-order valence-electron chi connectivity index (χ2n) is 6.03. The highest BCUT2D eigenvalue weighted by Crippen LogP contribution is 2.39. The number of anilines is 1. The van der Waals surface area contributed by atoms with Gasteiger partial charge in [-0.1, -0.05) is 6.07 Å². The van der Waals surface area contributed by atoms with Crippen LogP contribution in [0.15, 0.2) is 30.3 Å². The van der Waals surface area contributed by atoms with Crippen molar-refractivity contribution in [1.82, 2.24) is 0 Å². The minimum absolute atomic E-state index is 0.0740. The molecular formula is C20H23NO5. The van der Waals surface area contributed by atoms with E-state index in [1.54, 1.807) is 12.1 Å². The number of hydrogen-bond acceptors (Lipinski definition) is 5. The van der Waals surface area contributed by atoms with Crippen molar-refractivity contribution in [2.75, 3.05) is 33.3 Å². The van der Waals surface area contributed by atoms with Gasteiger partial charge in [-0.2, -0.15) is 0 Å². The molecule has 0 heterocycles. The van der Waals surface area contributed by atoms with Crippen LogP contribution in [-0.2, 0) is 17.6 Å². The van der Waals surface area contributed by atoms with Crippen molar-refractivity contribution in [1.29, 1.82) is 0 Å². The van der Waals surface area contributed by atoms with Crippen LogP contribution in [0.25, 0.3) is 0 Å². The summed E-state index contributed by atoms with van der Waals surface area (Å²) in [5.41, 5.74) is 3.23. The van der Waals surface area contributed by atoms with Crippen LogP contribution >= 0.6 is 0 Å². The fourth-order valence-electron chi connectivity index (χ4n) is 3.14. The lowest BCUT2D eigenvalue weighted by Gasteiger charge is -2.15. The van der Waals surface area contributed by atoms with Gasteiger partial charge in [0.2, 0.25) is 5.75 Å². The number of ether oxygens (including phenoxy) is 4. The lowest BCUT2D eigenvalue weighted by Crippen LogP contribution is -2.20. The van der Waals surface area contributed by atoms with Gasteiger partial charge < -0.3 is 24.3 Å².